The Labute approximate surface area is 184 Å². The largest absolute Gasteiger partial charge is 0.488 e. The number of nitrogens with zero attached hydrogens (tertiary/aromatic N) is 2. The van der Waals surface area contributed by atoms with E-state index in [9.17, 15) is 4.79 Å². The number of benzene rings is 2. The third kappa shape index (κ3) is 7.29. The highest BCUT2D eigenvalue weighted by Crippen LogP contribution is 2.23. The van der Waals surface area contributed by atoms with Crippen molar-refractivity contribution in [3.8, 4) is 5.75 Å². The average Bonchev–Trinajstić information content (AvgIpc) is 3.27. The molecular weight excluding hydrogens is 392 g/mol. The molecule has 1 aliphatic rings. The molecule has 31 heavy (non-hydrogen) atoms. The Kier molecular flexibility index (Phi) is 8.29. The molecule has 0 radical (unpaired) electrons. The molecule has 1 aliphatic heterocycles. The summed E-state index contributed by atoms with van der Waals surface area (Å²) in [4.78, 5) is 18.2. The topological polar surface area (TPSA) is 75.2 Å². The fraction of sp³-hybridized carbons (Fsp3) is 0.417. The molecule has 0 bridgehead atoms. The lowest BCUT2D eigenvalue weighted by Gasteiger charge is -2.18. The molecule has 1 heterocycles. The number of hydrogen-bond donors (Lipinski definition) is 2. The molecule has 1 unspecified atom stereocenters. The van der Waals surface area contributed by atoms with Crippen molar-refractivity contribution in [2.75, 3.05) is 33.9 Å². The maximum absolute atomic E-state index is 12.0. The van der Waals surface area contributed by atoms with Crippen molar-refractivity contribution < 1.29 is 14.3 Å². The number of ether oxygens (including phenoxy) is 2. The van der Waals surface area contributed by atoms with Gasteiger partial charge in [0, 0.05) is 32.6 Å². The second-order valence-corrected chi connectivity index (χ2v) is 7.86. The monoisotopic (exact) mass is 424 g/mol. The molecule has 2 aromatic carbocycles. The Bertz CT molecular complexity index is 878. The number of likely N-dealkylation sites (N-methyl/N-ethyl adjacent to an activating group) is 1. The predicted octanol–water partition coefficient (Wildman–Crippen LogP) is 2.49. The van der Waals surface area contributed by atoms with Crippen LogP contribution >= 0.6 is 0 Å². The third-order valence-electron chi connectivity index (χ3n) is 5.02. The van der Waals surface area contributed by atoms with Crippen LogP contribution in [-0.4, -0.2) is 56.7 Å². The van der Waals surface area contributed by atoms with Crippen LogP contribution < -0.4 is 15.4 Å². The number of nitrogens with one attached hydrogen (secondary N) is 2. The summed E-state index contributed by atoms with van der Waals surface area (Å²) in [6, 6.07) is 16.2. The molecule has 1 saturated heterocycles. The van der Waals surface area contributed by atoms with Crippen molar-refractivity contribution in [2.24, 2.45) is 4.99 Å². The van der Waals surface area contributed by atoms with E-state index in [1.165, 1.54) is 0 Å². The van der Waals surface area contributed by atoms with Crippen LogP contribution in [-0.2, 0) is 22.6 Å². The van der Waals surface area contributed by atoms with Crippen molar-refractivity contribution in [3.05, 3.63) is 65.2 Å². The van der Waals surface area contributed by atoms with Crippen LogP contribution in [0.1, 0.15) is 23.1 Å². The fourth-order valence-corrected chi connectivity index (χ4v) is 3.13. The molecule has 3 rings (SSSR count). The Hall–Kier alpha value is -3.06. The van der Waals surface area contributed by atoms with E-state index in [0.29, 0.717) is 25.7 Å². The van der Waals surface area contributed by atoms with Crippen molar-refractivity contribution in [2.45, 2.75) is 32.5 Å². The summed E-state index contributed by atoms with van der Waals surface area (Å²) < 4.78 is 11.6. The molecule has 2 N–H and O–H groups in total. The van der Waals surface area contributed by atoms with Crippen LogP contribution in [0.2, 0.25) is 0 Å². The number of aliphatic imine (C=N–C) groups is 1. The molecule has 166 valence electrons. The van der Waals surface area contributed by atoms with Gasteiger partial charge >= 0.3 is 0 Å². The third-order valence-corrected chi connectivity index (χ3v) is 5.02. The Morgan fingerprint density at radius 3 is 2.71 bits per heavy atom. The second kappa shape index (κ2) is 11.4. The van der Waals surface area contributed by atoms with Crippen molar-refractivity contribution in [1.29, 1.82) is 0 Å². The summed E-state index contributed by atoms with van der Waals surface area (Å²) in [6.07, 6.45) is 0.987. The molecule has 0 aromatic heterocycles. The normalized spacial score (nSPS) is 16.1. The lowest BCUT2D eigenvalue weighted by atomic mass is 10.1. The molecule has 1 atom stereocenters. The lowest BCUT2D eigenvalue weighted by molar-refractivity contribution is -0.127. The van der Waals surface area contributed by atoms with Crippen LogP contribution in [0.4, 0.5) is 0 Å². The molecule has 1 amide bonds. The maximum atomic E-state index is 12.0. The van der Waals surface area contributed by atoms with E-state index in [-0.39, 0.29) is 18.6 Å². The first-order valence-corrected chi connectivity index (χ1v) is 10.6. The Morgan fingerprint density at radius 1 is 1.19 bits per heavy atom. The fourth-order valence-electron chi connectivity index (χ4n) is 3.13. The zero-order valence-corrected chi connectivity index (χ0v) is 18.6. The number of carbonyl (C=O) groups excluding carboxylic acids is 1. The summed E-state index contributed by atoms with van der Waals surface area (Å²) in [6.45, 7) is 4.63. The van der Waals surface area contributed by atoms with Gasteiger partial charge in [0.05, 0.1) is 26.3 Å². The standard InChI is InChI=1S/C24H32N4O3/c1-18-9-10-20(22(13-18)31-21-11-12-30-17-21)15-26-24(27-16-23(29)28(2)3)25-14-19-7-5-4-6-8-19/h4-10,13,21H,11-12,14-17H2,1-3H3,(H2,25,26,27). The Morgan fingerprint density at radius 2 is 2.00 bits per heavy atom. The van der Waals surface area contributed by atoms with Gasteiger partial charge in [-0.3, -0.25) is 4.79 Å². The van der Waals surface area contributed by atoms with Crippen molar-refractivity contribution >= 4 is 11.9 Å². The Balaban J connectivity index is 1.69. The van der Waals surface area contributed by atoms with E-state index in [2.05, 4.69) is 40.7 Å². The zero-order chi connectivity index (χ0) is 22.1. The molecule has 0 saturated carbocycles. The first-order valence-electron chi connectivity index (χ1n) is 10.6. The van der Waals surface area contributed by atoms with E-state index < -0.39 is 0 Å². The minimum Gasteiger partial charge on any atom is -0.488 e. The van der Waals surface area contributed by atoms with Crippen molar-refractivity contribution in [1.82, 2.24) is 15.5 Å². The molecule has 2 aromatic rings. The van der Waals surface area contributed by atoms with Crippen LogP contribution in [0.15, 0.2) is 53.5 Å². The van der Waals surface area contributed by atoms with Gasteiger partial charge in [-0.2, -0.15) is 0 Å². The van der Waals surface area contributed by atoms with Gasteiger partial charge in [-0.15, -0.1) is 0 Å². The van der Waals surface area contributed by atoms with Gasteiger partial charge in [-0.25, -0.2) is 4.99 Å². The van der Waals surface area contributed by atoms with Gasteiger partial charge in [-0.1, -0.05) is 42.5 Å². The molecular formula is C24H32N4O3. The highest BCUT2D eigenvalue weighted by Gasteiger charge is 2.19. The lowest BCUT2D eigenvalue weighted by Crippen LogP contribution is -2.42. The quantitative estimate of drug-likeness (QED) is 0.503. The summed E-state index contributed by atoms with van der Waals surface area (Å²) >= 11 is 0. The van der Waals surface area contributed by atoms with Crippen molar-refractivity contribution in [3.63, 3.8) is 0 Å². The number of rotatable bonds is 8. The number of carbonyl (C=O) groups is 1. The minimum absolute atomic E-state index is 0.0187. The van der Waals surface area contributed by atoms with E-state index >= 15 is 0 Å². The second-order valence-electron chi connectivity index (χ2n) is 7.86. The van der Waals surface area contributed by atoms with E-state index in [1.807, 2.05) is 30.3 Å². The van der Waals surface area contributed by atoms with Crippen LogP contribution in [0.5, 0.6) is 5.75 Å². The average molecular weight is 425 g/mol. The summed E-state index contributed by atoms with van der Waals surface area (Å²) in [5, 5.41) is 6.47. The predicted molar refractivity (Wildman–Crippen MR) is 122 cm³/mol. The first-order chi connectivity index (χ1) is 15.0. The van der Waals surface area contributed by atoms with Gasteiger partial charge in [0.15, 0.2) is 5.96 Å². The minimum atomic E-state index is -0.0187. The number of guanidine groups is 1. The zero-order valence-electron chi connectivity index (χ0n) is 18.6. The number of hydrogen-bond acceptors (Lipinski definition) is 4. The first kappa shape index (κ1) is 22.6. The van der Waals surface area contributed by atoms with E-state index in [1.54, 1.807) is 19.0 Å². The molecule has 0 aliphatic carbocycles. The SMILES string of the molecule is Cc1ccc(CNC(=NCc2ccccc2)NCC(=O)N(C)C)c(OC2CCOC2)c1. The van der Waals surface area contributed by atoms with Crippen LogP contribution in [0.25, 0.3) is 0 Å². The van der Waals surface area contributed by atoms with Crippen LogP contribution in [0, 0.1) is 6.92 Å². The summed E-state index contributed by atoms with van der Waals surface area (Å²) in [5.41, 5.74) is 3.28. The smallest absolute Gasteiger partial charge is 0.241 e. The molecule has 7 nitrogen and oxygen atoms in total. The summed E-state index contributed by atoms with van der Waals surface area (Å²) in [7, 11) is 3.47. The summed E-state index contributed by atoms with van der Waals surface area (Å²) in [5.74, 6) is 1.42. The molecule has 7 heteroatoms. The van der Waals surface area contributed by atoms with Gasteiger partial charge in [0.2, 0.25) is 5.91 Å². The van der Waals surface area contributed by atoms with Gasteiger partial charge in [-0.05, 0) is 24.1 Å². The van der Waals surface area contributed by atoms with Gasteiger partial charge < -0.3 is 25.0 Å². The number of amides is 1. The van der Waals surface area contributed by atoms with Gasteiger partial charge in [0.1, 0.15) is 11.9 Å². The molecule has 1 fully saturated rings. The maximum Gasteiger partial charge on any atom is 0.241 e. The molecule has 0 spiro atoms. The van der Waals surface area contributed by atoms with E-state index in [0.717, 1.165) is 35.5 Å². The van der Waals surface area contributed by atoms with Gasteiger partial charge in [0.25, 0.3) is 0 Å². The highest BCUT2D eigenvalue weighted by molar-refractivity contribution is 5.86. The van der Waals surface area contributed by atoms with E-state index in [4.69, 9.17) is 9.47 Å². The number of aryl methyl sites for hydroxylation is 1. The van der Waals surface area contributed by atoms with Crippen LogP contribution in [0.3, 0.4) is 0 Å². The highest BCUT2D eigenvalue weighted by atomic mass is 16.5.